The van der Waals surface area contributed by atoms with Crippen molar-refractivity contribution >= 4 is 22.8 Å². The maximum Gasteiger partial charge on any atom is 0.277 e. The molecule has 0 bridgehead atoms. The van der Waals surface area contributed by atoms with Gasteiger partial charge in [0, 0.05) is 67.2 Å². The number of aromatic amines is 1. The number of nitrogens with one attached hydrogen (secondary N) is 2. The van der Waals surface area contributed by atoms with Crippen LogP contribution in [0.1, 0.15) is 33.6 Å². The summed E-state index contributed by atoms with van der Waals surface area (Å²) in [6.45, 7) is 3.51. The lowest BCUT2D eigenvalue weighted by Crippen LogP contribution is -2.31. The third-order valence-electron chi connectivity index (χ3n) is 6.81. The maximum atomic E-state index is 11.5. The van der Waals surface area contributed by atoms with Crippen molar-refractivity contribution in [2.75, 3.05) is 18.0 Å². The number of carbonyl (C=O) groups is 1. The fourth-order valence-electron chi connectivity index (χ4n) is 4.99. The summed E-state index contributed by atoms with van der Waals surface area (Å²) in [5, 5.41) is 9.99. The van der Waals surface area contributed by atoms with Crippen molar-refractivity contribution in [2.24, 2.45) is 0 Å². The molecule has 35 heavy (non-hydrogen) atoms. The molecule has 0 spiro atoms. The van der Waals surface area contributed by atoms with Crippen molar-refractivity contribution in [3.05, 3.63) is 89.5 Å². The molecule has 6 rings (SSSR count). The van der Waals surface area contributed by atoms with Crippen molar-refractivity contribution < 1.29 is 10.0 Å². The van der Waals surface area contributed by atoms with E-state index in [4.69, 9.17) is 5.21 Å². The molecule has 2 aromatic carbocycles. The van der Waals surface area contributed by atoms with Gasteiger partial charge in [-0.25, -0.2) is 15.4 Å². The topological polar surface area (TPSA) is 97.4 Å². The Bertz CT molecular complexity index is 1430. The van der Waals surface area contributed by atoms with Gasteiger partial charge in [-0.05, 0) is 41.4 Å². The fraction of sp³-hybridized carbons (Fsp3) is 0.222. The Labute approximate surface area is 202 Å². The third kappa shape index (κ3) is 4.13. The first-order valence-electron chi connectivity index (χ1n) is 11.8. The standard InChI is InChI=1S/C27H26N6O2/c34-26(31-35)21-14-28-27(29-15-21)33-11-8-24-23(17-33)22-7-6-20(13-25(22)30-24)19-5-3-4-18(12-19)16-32-9-1-2-10-32/h1,3-7,9,12-15,30,35H,2,8,10-11,16-17H2,(H,31,34). The first kappa shape index (κ1) is 21.4. The van der Waals surface area contributed by atoms with Crippen molar-refractivity contribution in [2.45, 2.75) is 25.9 Å². The minimum Gasteiger partial charge on any atom is -0.373 e. The lowest BCUT2D eigenvalue weighted by Gasteiger charge is -2.27. The molecule has 0 radical (unpaired) electrons. The zero-order valence-corrected chi connectivity index (χ0v) is 19.2. The predicted octanol–water partition coefficient (Wildman–Crippen LogP) is 4.03. The van der Waals surface area contributed by atoms with Crippen molar-refractivity contribution in [3.8, 4) is 11.1 Å². The molecule has 1 amide bonds. The summed E-state index contributed by atoms with van der Waals surface area (Å²) in [6.07, 6.45) is 9.27. The number of aromatic nitrogens is 3. The Morgan fingerprint density at radius 2 is 1.94 bits per heavy atom. The Balaban J connectivity index is 1.25. The van der Waals surface area contributed by atoms with Gasteiger partial charge in [-0.2, -0.15) is 0 Å². The summed E-state index contributed by atoms with van der Waals surface area (Å²) in [7, 11) is 0. The number of hydroxylamine groups is 1. The van der Waals surface area contributed by atoms with E-state index in [0.29, 0.717) is 12.5 Å². The summed E-state index contributed by atoms with van der Waals surface area (Å²) in [6, 6.07) is 15.4. The van der Waals surface area contributed by atoms with Crippen LogP contribution in [0.4, 0.5) is 5.95 Å². The quantitative estimate of drug-likeness (QED) is 0.304. The second-order valence-corrected chi connectivity index (χ2v) is 9.07. The molecule has 0 atom stereocenters. The Hall–Kier alpha value is -4.17. The number of amides is 1. The highest BCUT2D eigenvalue weighted by molar-refractivity contribution is 5.92. The van der Waals surface area contributed by atoms with Gasteiger partial charge in [0.25, 0.3) is 5.91 Å². The predicted molar refractivity (Wildman–Crippen MR) is 134 cm³/mol. The van der Waals surface area contributed by atoms with Gasteiger partial charge < -0.3 is 14.8 Å². The van der Waals surface area contributed by atoms with Crippen molar-refractivity contribution in [3.63, 3.8) is 0 Å². The smallest absolute Gasteiger partial charge is 0.277 e. The normalized spacial score (nSPS) is 15.0. The fourth-order valence-corrected chi connectivity index (χ4v) is 4.99. The average molecular weight is 467 g/mol. The molecule has 0 saturated carbocycles. The number of H-pyrrole nitrogens is 1. The van der Waals surface area contributed by atoms with Crippen LogP contribution < -0.4 is 10.4 Å². The lowest BCUT2D eigenvalue weighted by atomic mass is 9.99. The summed E-state index contributed by atoms with van der Waals surface area (Å²) in [5.41, 5.74) is 9.21. The molecule has 8 heteroatoms. The van der Waals surface area contributed by atoms with Gasteiger partial charge in [-0.3, -0.25) is 10.0 Å². The van der Waals surface area contributed by atoms with Gasteiger partial charge in [-0.15, -0.1) is 0 Å². The summed E-state index contributed by atoms with van der Waals surface area (Å²) in [5.74, 6) is -0.0518. The van der Waals surface area contributed by atoms with E-state index in [2.05, 4.69) is 79.5 Å². The first-order chi connectivity index (χ1) is 17.2. The second kappa shape index (κ2) is 8.88. The molecule has 2 aromatic heterocycles. The highest BCUT2D eigenvalue weighted by atomic mass is 16.5. The Kier molecular flexibility index (Phi) is 5.42. The number of fused-ring (bicyclic) bond motifs is 3. The molecule has 2 aliphatic heterocycles. The molecule has 8 nitrogen and oxygen atoms in total. The molecule has 4 aromatic rings. The zero-order chi connectivity index (χ0) is 23.8. The second-order valence-electron chi connectivity index (χ2n) is 9.07. The SMILES string of the molecule is O=C(NO)c1cnc(N2CCc3[nH]c4cc(-c5cccc(CN6C=CCC6)c5)ccc4c3C2)nc1. The average Bonchev–Trinajstić information content (AvgIpc) is 3.55. The van der Waals surface area contributed by atoms with E-state index in [1.807, 2.05) is 0 Å². The monoisotopic (exact) mass is 466 g/mol. The van der Waals surface area contributed by atoms with Crippen LogP contribution in [-0.2, 0) is 19.5 Å². The third-order valence-corrected chi connectivity index (χ3v) is 6.81. The van der Waals surface area contributed by atoms with Crippen LogP contribution in [0, 0.1) is 0 Å². The minimum atomic E-state index is -0.622. The minimum absolute atomic E-state index is 0.217. The van der Waals surface area contributed by atoms with Crippen LogP contribution in [-0.4, -0.2) is 44.1 Å². The Morgan fingerprint density at radius 1 is 1.09 bits per heavy atom. The highest BCUT2D eigenvalue weighted by Gasteiger charge is 2.23. The van der Waals surface area contributed by atoms with E-state index in [1.165, 1.54) is 45.7 Å². The number of hydrogen-bond donors (Lipinski definition) is 3. The van der Waals surface area contributed by atoms with Gasteiger partial charge in [0.15, 0.2) is 0 Å². The summed E-state index contributed by atoms with van der Waals surface area (Å²) < 4.78 is 0. The van der Waals surface area contributed by atoms with E-state index in [9.17, 15) is 4.79 Å². The molecule has 2 aliphatic rings. The molecule has 0 fully saturated rings. The molecule has 4 heterocycles. The molecular weight excluding hydrogens is 440 g/mol. The summed E-state index contributed by atoms with van der Waals surface area (Å²) in [4.78, 5) is 28.3. The highest BCUT2D eigenvalue weighted by Crippen LogP contribution is 2.32. The van der Waals surface area contributed by atoms with Crippen molar-refractivity contribution in [1.82, 2.24) is 25.3 Å². The van der Waals surface area contributed by atoms with E-state index >= 15 is 0 Å². The number of carbonyl (C=O) groups excluding carboxylic acids is 1. The molecule has 0 unspecified atom stereocenters. The largest absolute Gasteiger partial charge is 0.373 e. The number of anilines is 1. The number of benzene rings is 2. The molecule has 176 valence electrons. The van der Waals surface area contributed by atoms with Crippen LogP contribution in [0.3, 0.4) is 0 Å². The van der Waals surface area contributed by atoms with Gasteiger partial charge in [0.1, 0.15) is 0 Å². The maximum absolute atomic E-state index is 11.5. The van der Waals surface area contributed by atoms with E-state index < -0.39 is 5.91 Å². The van der Waals surface area contributed by atoms with Gasteiger partial charge in [0.2, 0.25) is 5.95 Å². The van der Waals surface area contributed by atoms with Crippen LogP contribution in [0.15, 0.2) is 67.1 Å². The number of nitrogens with zero attached hydrogens (tertiary/aromatic N) is 4. The van der Waals surface area contributed by atoms with Crippen LogP contribution in [0.25, 0.3) is 22.0 Å². The summed E-state index contributed by atoms with van der Waals surface area (Å²) >= 11 is 0. The van der Waals surface area contributed by atoms with Gasteiger partial charge >= 0.3 is 0 Å². The van der Waals surface area contributed by atoms with Crippen LogP contribution in [0.5, 0.6) is 0 Å². The number of rotatable bonds is 5. The van der Waals surface area contributed by atoms with E-state index in [-0.39, 0.29) is 5.56 Å². The first-order valence-corrected chi connectivity index (χ1v) is 11.8. The Morgan fingerprint density at radius 3 is 2.74 bits per heavy atom. The van der Waals surface area contributed by atoms with E-state index in [1.54, 1.807) is 5.48 Å². The molecule has 3 N–H and O–H groups in total. The lowest BCUT2D eigenvalue weighted by molar-refractivity contribution is 0.0705. The molecule has 0 aliphatic carbocycles. The molecule has 0 saturated heterocycles. The zero-order valence-electron chi connectivity index (χ0n) is 19.2. The van der Waals surface area contributed by atoms with Crippen LogP contribution >= 0.6 is 0 Å². The molecular formula is C27H26N6O2. The van der Waals surface area contributed by atoms with Crippen molar-refractivity contribution in [1.29, 1.82) is 0 Å². The van der Waals surface area contributed by atoms with Gasteiger partial charge in [-0.1, -0.05) is 36.4 Å². The van der Waals surface area contributed by atoms with Crippen LogP contribution in [0.2, 0.25) is 0 Å². The van der Waals surface area contributed by atoms with Gasteiger partial charge in [0.05, 0.1) is 5.56 Å². The van der Waals surface area contributed by atoms with E-state index in [0.717, 1.165) is 38.0 Å². The number of hydrogen-bond acceptors (Lipinski definition) is 6.